The van der Waals surface area contributed by atoms with Crippen molar-refractivity contribution in [3.63, 3.8) is 0 Å². The highest BCUT2D eigenvalue weighted by atomic mass is 16.4. The van der Waals surface area contributed by atoms with Gasteiger partial charge in [-0.25, -0.2) is 0 Å². The summed E-state index contributed by atoms with van der Waals surface area (Å²) in [6, 6.07) is 0. The van der Waals surface area contributed by atoms with Crippen LogP contribution in [0.3, 0.4) is 0 Å². The van der Waals surface area contributed by atoms with E-state index in [0.29, 0.717) is 11.8 Å². The fraction of sp³-hybridized carbons (Fsp3) is 0.727. The van der Waals surface area contributed by atoms with Gasteiger partial charge in [0.05, 0.1) is 12.0 Å². The van der Waals surface area contributed by atoms with Crippen LogP contribution >= 0.6 is 0 Å². The number of fused-ring (bicyclic) bond motifs is 2. The molecule has 0 saturated heterocycles. The molecule has 3 nitrogen and oxygen atoms in total. The van der Waals surface area contributed by atoms with Gasteiger partial charge in [-0.1, -0.05) is 6.08 Å². The summed E-state index contributed by atoms with van der Waals surface area (Å²) in [5, 5.41) is 18.6. The van der Waals surface area contributed by atoms with E-state index in [1.165, 1.54) is 0 Å². The fourth-order valence-corrected chi connectivity index (χ4v) is 2.71. The summed E-state index contributed by atoms with van der Waals surface area (Å²) in [6.07, 6.45) is 4.66. The molecule has 0 unspecified atom stereocenters. The first-order valence-corrected chi connectivity index (χ1v) is 5.22. The van der Waals surface area contributed by atoms with Gasteiger partial charge in [-0.2, -0.15) is 0 Å². The number of aliphatic carboxylic acids is 1. The lowest BCUT2D eigenvalue weighted by molar-refractivity contribution is -0.139. The maximum Gasteiger partial charge on any atom is 0.310 e. The first-order chi connectivity index (χ1) is 6.59. The topological polar surface area (TPSA) is 57.5 Å². The highest BCUT2D eigenvalue weighted by Gasteiger charge is 2.42. The summed E-state index contributed by atoms with van der Waals surface area (Å²) >= 11 is 0. The third-order valence-electron chi connectivity index (χ3n) is 3.56. The van der Waals surface area contributed by atoms with Gasteiger partial charge < -0.3 is 10.2 Å². The predicted octanol–water partition coefficient (Wildman–Crippen LogP) is 1.42. The lowest BCUT2D eigenvalue weighted by Gasteiger charge is -2.20. The van der Waals surface area contributed by atoms with Crippen LogP contribution in [0.4, 0.5) is 0 Å². The lowest BCUT2D eigenvalue weighted by Crippen LogP contribution is -2.20. The molecule has 2 rings (SSSR count). The Kier molecular flexibility index (Phi) is 2.35. The number of rotatable bonds is 2. The van der Waals surface area contributed by atoms with E-state index in [2.05, 4.69) is 0 Å². The SMILES string of the molecule is C[C@H](/C=C1\[C@@H]2CC[C@@H](C2)[C@H]1O)C(=O)O. The molecule has 0 aromatic carbocycles. The molecule has 0 aromatic rings. The minimum absolute atomic E-state index is 0.365. The first kappa shape index (κ1) is 9.71. The van der Waals surface area contributed by atoms with Gasteiger partial charge in [-0.15, -0.1) is 0 Å². The summed E-state index contributed by atoms with van der Waals surface area (Å²) in [6.45, 7) is 1.66. The van der Waals surface area contributed by atoms with E-state index < -0.39 is 11.9 Å². The van der Waals surface area contributed by atoms with Crippen LogP contribution in [0.5, 0.6) is 0 Å². The van der Waals surface area contributed by atoms with Gasteiger partial charge in [0.15, 0.2) is 0 Å². The average molecular weight is 196 g/mol. The van der Waals surface area contributed by atoms with Crippen molar-refractivity contribution in [3.8, 4) is 0 Å². The van der Waals surface area contributed by atoms with Crippen molar-refractivity contribution in [2.24, 2.45) is 17.8 Å². The Morgan fingerprint density at radius 3 is 2.79 bits per heavy atom. The van der Waals surface area contributed by atoms with Crippen molar-refractivity contribution in [1.82, 2.24) is 0 Å². The Morgan fingerprint density at radius 1 is 1.57 bits per heavy atom. The molecule has 0 amide bonds. The number of aliphatic hydroxyl groups is 1. The van der Waals surface area contributed by atoms with E-state index in [0.717, 1.165) is 24.8 Å². The summed E-state index contributed by atoms with van der Waals surface area (Å²) in [5.41, 5.74) is 0.983. The second kappa shape index (κ2) is 3.39. The standard InChI is InChI=1S/C11H16O3/c1-6(11(13)14)4-9-7-2-3-8(5-7)10(9)12/h4,6-8,10,12H,2-3,5H2,1H3,(H,13,14)/b9-4+/t6-,7-,8+,10-/m1/s1. The number of hydrogen-bond acceptors (Lipinski definition) is 2. The minimum atomic E-state index is -0.813. The van der Waals surface area contributed by atoms with Crippen LogP contribution in [0, 0.1) is 17.8 Å². The maximum absolute atomic E-state index is 10.7. The van der Waals surface area contributed by atoms with Crippen molar-refractivity contribution in [1.29, 1.82) is 0 Å². The number of carboxylic acids is 1. The third kappa shape index (κ3) is 1.46. The summed E-state index contributed by atoms with van der Waals surface area (Å²) in [4.78, 5) is 10.7. The number of carbonyl (C=O) groups is 1. The quantitative estimate of drug-likeness (QED) is 0.657. The van der Waals surface area contributed by atoms with E-state index >= 15 is 0 Å². The minimum Gasteiger partial charge on any atom is -0.481 e. The zero-order valence-electron chi connectivity index (χ0n) is 8.31. The van der Waals surface area contributed by atoms with Crippen molar-refractivity contribution >= 4 is 5.97 Å². The molecule has 2 aliphatic carbocycles. The van der Waals surface area contributed by atoms with Gasteiger partial charge in [0.2, 0.25) is 0 Å². The van der Waals surface area contributed by atoms with Crippen molar-refractivity contribution in [2.75, 3.05) is 0 Å². The lowest BCUT2D eigenvalue weighted by atomic mass is 9.90. The number of carboxylic acid groups (broad SMARTS) is 1. The van der Waals surface area contributed by atoms with E-state index in [9.17, 15) is 9.90 Å². The Bertz CT molecular complexity index is 278. The molecule has 3 heteroatoms. The van der Waals surface area contributed by atoms with Crippen molar-refractivity contribution < 1.29 is 15.0 Å². The molecule has 0 spiro atoms. The van der Waals surface area contributed by atoms with Crippen LogP contribution in [0.25, 0.3) is 0 Å². The molecule has 0 heterocycles. The molecule has 2 fully saturated rings. The molecule has 14 heavy (non-hydrogen) atoms. The Hall–Kier alpha value is -0.830. The largest absolute Gasteiger partial charge is 0.481 e. The van der Waals surface area contributed by atoms with Gasteiger partial charge in [-0.3, -0.25) is 4.79 Å². The molecule has 0 aliphatic heterocycles. The van der Waals surface area contributed by atoms with Gasteiger partial charge in [0, 0.05) is 0 Å². The van der Waals surface area contributed by atoms with Crippen molar-refractivity contribution in [2.45, 2.75) is 32.3 Å². The van der Waals surface area contributed by atoms with E-state index in [1.807, 2.05) is 0 Å². The zero-order valence-corrected chi connectivity index (χ0v) is 8.31. The number of hydrogen-bond donors (Lipinski definition) is 2. The van der Waals surface area contributed by atoms with E-state index in [4.69, 9.17) is 5.11 Å². The van der Waals surface area contributed by atoms with Gasteiger partial charge in [-0.05, 0) is 43.6 Å². The molecule has 2 bridgehead atoms. The van der Waals surface area contributed by atoms with Crippen LogP contribution in [0.2, 0.25) is 0 Å². The van der Waals surface area contributed by atoms with Gasteiger partial charge in [0.25, 0.3) is 0 Å². The Balaban J connectivity index is 2.15. The van der Waals surface area contributed by atoms with Crippen molar-refractivity contribution in [3.05, 3.63) is 11.6 Å². The van der Waals surface area contributed by atoms with Crippen LogP contribution in [0.1, 0.15) is 26.2 Å². The molecule has 0 aromatic heterocycles. The van der Waals surface area contributed by atoms with Crippen LogP contribution in [0.15, 0.2) is 11.6 Å². The van der Waals surface area contributed by atoms with Crippen LogP contribution in [-0.2, 0) is 4.79 Å². The molecule has 78 valence electrons. The first-order valence-electron chi connectivity index (χ1n) is 5.22. The molecular weight excluding hydrogens is 180 g/mol. The molecule has 2 N–H and O–H groups in total. The Labute approximate surface area is 83.4 Å². The molecule has 2 saturated carbocycles. The van der Waals surface area contributed by atoms with Gasteiger partial charge >= 0.3 is 5.97 Å². The fourth-order valence-electron chi connectivity index (χ4n) is 2.71. The van der Waals surface area contributed by atoms with Gasteiger partial charge in [0.1, 0.15) is 0 Å². The molecular formula is C11H16O3. The van der Waals surface area contributed by atoms with Crippen LogP contribution in [-0.4, -0.2) is 22.3 Å². The van der Waals surface area contributed by atoms with Crippen LogP contribution < -0.4 is 0 Å². The predicted molar refractivity (Wildman–Crippen MR) is 51.7 cm³/mol. The second-order valence-corrected chi connectivity index (χ2v) is 4.51. The summed E-state index contributed by atoms with van der Waals surface area (Å²) in [5.74, 6) is -0.435. The third-order valence-corrected chi connectivity index (χ3v) is 3.56. The van der Waals surface area contributed by atoms with E-state index in [1.54, 1.807) is 13.0 Å². The summed E-state index contributed by atoms with van der Waals surface area (Å²) in [7, 11) is 0. The molecule has 4 atom stereocenters. The van der Waals surface area contributed by atoms with E-state index in [-0.39, 0.29) is 6.10 Å². The zero-order chi connectivity index (χ0) is 10.3. The highest BCUT2D eigenvalue weighted by molar-refractivity contribution is 5.71. The molecule has 2 aliphatic rings. The monoisotopic (exact) mass is 196 g/mol. The highest BCUT2D eigenvalue weighted by Crippen LogP contribution is 2.48. The average Bonchev–Trinajstić information content (AvgIpc) is 2.69. The summed E-state index contributed by atoms with van der Waals surface area (Å²) < 4.78 is 0. The number of aliphatic hydroxyl groups excluding tert-OH is 1. The second-order valence-electron chi connectivity index (χ2n) is 4.51. The molecule has 0 radical (unpaired) electrons. The maximum atomic E-state index is 10.7. The smallest absolute Gasteiger partial charge is 0.310 e. The normalized spacial score (nSPS) is 40.4. The Morgan fingerprint density at radius 2 is 2.29 bits per heavy atom.